The Hall–Kier alpha value is -1.66. The number of hydrogen-bond donors (Lipinski definition) is 2. The van der Waals surface area contributed by atoms with Crippen LogP contribution in [0, 0.1) is 0 Å². The van der Waals surface area contributed by atoms with E-state index in [1.807, 2.05) is 5.38 Å². The average molecular weight is 269 g/mol. The van der Waals surface area contributed by atoms with Crippen LogP contribution in [-0.4, -0.2) is 15.9 Å². The fourth-order valence-electron chi connectivity index (χ4n) is 1.22. The quantitative estimate of drug-likeness (QED) is 0.888. The lowest BCUT2D eigenvalue weighted by Gasteiger charge is -2.05. The Morgan fingerprint density at radius 2 is 2.35 bits per heavy atom. The van der Waals surface area contributed by atoms with Crippen LogP contribution in [0.15, 0.2) is 23.2 Å². The van der Waals surface area contributed by atoms with E-state index in [1.54, 1.807) is 5.51 Å². The molecule has 0 aliphatic carbocycles. The second-order valence-electron chi connectivity index (χ2n) is 3.25. The van der Waals surface area contributed by atoms with E-state index in [2.05, 4.69) is 15.3 Å². The summed E-state index contributed by atoms with van der Waals surface area (Å²) in [6, 6.07) is 1.44. The molecule has 0 atom stereocenters. The molecule has 0 spiro atoms. The van der Waals surface area contributed by atoms with Crippen LogP contribution in [0.5, 0.6) is 0 Å². The van der Waals surface area contributed by atoms with Crippen molar-refractivity contribution in [2.75, 3.05) is 5.73 Å². The Morgan fingerprint density at radius 3 is 3.06 bits per heavy atom. The molecule has 2 heterocycles. The van der Waals surface area contributed by atoms with Crippen molar-refractivity contribution >= 4 is 34.7 Å². The lowest BCUT2D eigenvalue weighted by atomic mass is 10.2. The summed E-state index contributed by atoms with van der Waals surface area (Å²) in [5, 5.41) is 4.84. The van der Waals surface area contributed by atoms with Gasteiger partial charge in [-0.1, -0.05) is 11.6 Å². The second kappa shape index (κ2) is 5.11. The molecule has 0 aliphatic rings. The van der Waals surface area contributed by atoms with Crippen molar-refractivity contribution in [3.05, 3.63) is 39.4 Å². The highest BCUT2D eigenvalue weighted by molar-refractivity contribution is 7.07. The summed E-state index contributed by atoms with van der Waals surface area (Å²) < 4.78 is 0. The SMILES string of the molecule is Nc1cc(C(=O)NCc2cscn2)c(Cl)cn1. The van der Waals surface area contributed by atoms with Gasteiger partial charge in [-0.05, 0) is 6.07 Å². The summed E-state index contributed by atoms with van der Waals surface area (Å²) in [5.74, 6) is -0.0368. The number of carbonyl (C=O) groups excluding carboxylic acids is 1. The first-order chi connectivity index (χ1) is 8.16. The van der Waals surface area contributed by atoms with E-state index in [1.165, 1.54) is 23.6 Å². The van der Waals surface area contributed by atoms with E-state index in [4.69, 9.17) is 17.3 Å². The minimum atomic E-state index is -0.294. The lowest BCUT2D eigenvalue weighted by molar-refractivity contribution is 0.0950. The number of nitrogens with two attached hydrogens (primary N) is 1. The highest BCUT2D eigenvalue weighted by Crippen LogP contribution is 2.16. The Morgan fingerprint density at radius 1 is 1.53 bits per heavy atom. The number of nitrogen functional groups attached to an aromatic ring is 1. The zero-order chi connectivity index (χ0) is 12.3. The van der Waals surface area contributed by atoms with Crippen molar-refractivity contribution in [3.63, 3.8) is 0 Å². The molecule has 0 radical (unpaired) electrons. The Kier molecular flexibility index (Phi) is 3.55. The summed E-state index contributed by atoms with van der Waals surface area (Å²) in [4.78, 5) is 19.7. The molecule has 0 saturated carbocycles. The van der Waals surface area contributed by atoms with Crippen molar-refractivity contribution in [2.24, 2.45) is 0 Å². The molecular weight excluding hydrogens is 260 g/mol. The molecule has 2 aromatic heterocycles. The predicted molar refractivity (Wildman–Crippen MR) is 66.9 cm³/mol. The van der Waals surface area contributed by atoms with E-state index in [0.29, 0.717) is 12.1 Å². The van der Waals surface area contributed by atoms with E-state index in [0.717, 1.165) is 5.69 Å². The van der Waals surface area contributed by atoms with Gasteiger partial charge in [0.1, 0.15) is 5.82 Å². The van der Waals surface area contributed by atoms with Crippen molar-refractivity contribution in [1.82, 2.24) is 15.3 Å². The second-order valence-corrected chi connectivity index (χ2v) is 4.38. The van der Waals surface area contributed by atoms with Crippen LogP contribution in [0.25, 0.3) is 0 Å². The first-order valence-electron chi connectivity index (χ1n) is 4.73. The van der Waals surface area contributed by atoms with Gasteiger partial charge in [0, 0.05) is 11.6 Å². The highest BCUT2D eigenvalue weighted by Gasteiger charge is 2.11. The molecule has 2 rings (SSSR count). The van der Waals surface area contributed by atoms with E-state index in [9.17, 15) is 4.79 Å². The van der Waals surface area contributed by atoms with Crippen molar-refractivity contribution < 1.29 is 4.79 Å². The van der Waals surface area contributed by atoms with Gasteiger partial charge in [0.25, 0.3) is 5.91 Å². The molecule has 7 heteroatoms. The number of thiazole rings is 1. The van der Waals surface area contributed by atoms with Gasteiger partial charge >= 0.3 is 0 Å². The first-order valence-corrected chi connectivity index (χ1v) is 6.05. The van der Waals surface area contributed by atoms with Crippen molar-refractivity contribution in [1.29, 1.82) is 0 Å². The molecule has 1 amide bonds. The molecule has 0 fully saturated rings. The zero-order valence-corrected chi connectivity index (χ0v) is 10.3. The average Bonchev–Trinajstić information content (AvgIpc) is 2.82. The summed E-state index contributed by atoms with van der Waals surface area (Å²) in [7, 11) is 0. The van der Waals surface area contributed by atoms with Gasteiger partial charge in [0.2, 0.25) is 0 Å². The Balaban J connectivity index is 2.07. The minimum absolute atomic E-state index is 0.258. The predicted octanol–water partition coefficient (Wildman–Crippen LogP) is 1.70. The number of anilines is 1. The molecule has 88 valence electrons. The summed E-state index contributed by atoms with van der Waals surface area (Å²) in [5.41, 5.74) is 8.32. The number of nitrogens with one attached hydrogen (secondary N) is 1. The third-order valence-electron chi connectivity index (χ3n) is 2.03. The van der Waals surface area contributed by atoms with Gasteiger partial charge < -0.3 is 11.1 Å². The van der Waals surface area contributed by atoms with Gasteiger partial charge in [0.05, 0.1) is 28.3 Å². The first kappa shape index (κ1) is 11.8. The maximum atomic E-state index is 11.8. The van der Waals surface area contributed by atoms with E-state index < -0.39 is 0 Å². The maximum absolute atomic E-state index is 11.8. The van der Waals surface area contributed by atoms with E-state index in [-0.39, 0.29) is 16.7 Å². The number of carbonyl (C=O) groups is 1. The van der Waals surface area contributed by atoms with E-state index >= 15 is 0 Å². The van der Waals surface area contributed by atoms with Crippen LogP contribution in [0.4, 0.5) is 5.82 Å². The monoisotopic (exact) mass is 268 g/mol. The highest BCUT2D eigenvalue weighted by atomic mass is 35.5. The normalized spacial score (nSPS) is 10.2. The molecule has 0 aromatic carbocycles. The van der Waals surface area contributed by atoms with Crippen molar-refractivity contribution in [2.45, 2.75) is 6.54 Å². The fraction of sp³-hybridized carbons (Fsp3) is 0.100. The maximum Gasteiger partial charge on any atom is 0.253 e. The van der Waals surface area contributed by atoms with Gasteiger partial charge in [-0.15, -0.1) is 11.3 Å². The van der Waals surface area contributed by atoms with Crippen LogP contribution < -0.4 is 11.1 Å². The number of halogens is 1. The molecule has 0 aliphatic heterocycles. The van der Waals surface area contributed by atoms with Crippen LogP contribution in [-0.2, 0) is 6.54 Å². The summed E-state index contributed by atoms with van der Waals surface area (Å²) in [6.45, 7) is 0.362. The smallest absolute Gasteiger partial charge is 0.253 e. The Labute approximate surface area is 107 Å². The molecular formula is C10H9ClN4OS. The molecule has 0 saturated heterocycles. The fourth-order valence-corrected chi connectivity index (χ4v) is 1.97. The number of hydrogen-bond acceptors (Lipinski definition) is 5. The van der Waals surface area contributed by atoms with Gasteiger partial charge in [0.15, 0.2) is 0 Å². The van der Waals surface area contributed by atoms with Gasteiger partial charge in [-0.2, -0.15) is 0 Å². The third kappa shape index (κ3) is 2.92. The topological polar surface area (TPSA) is 80.9 Å². The number of aromatic nitrogens is 2. The van der Waals surface area contributed by atoms with Gasteiger partial charge in [-0.3, -0.25) is 4.79 Å². The van der Waals surface area contributed by atoms with Crippen molar-refractivity contribution in [3.8, 4) is 0 Å². The van der Waals surface area contributed by atoms with Gasteiger partial charge in [-0.25, -0.2) is 9.97 Å². The zero-order valence-electron chi connectivity index (χ0n) is 8.68. The minimum Gasteiger partial charge on any atom is -0.384 e. The summed E-state index contributed by atoms with van der Waals surface area (Å²) >= 11 is 7.33. The largest absolute Gasteiger partial charge is 0.384 e. The number of pyridine rings is 1. The lowest BCUT2D eigenvalue weighted by Crippen LogP contribution is -2.23. The third-order valence-corrected chi connectivity index (χ3v) is 2.97. The molecule has 3 N–H and O–H groups in total. The van der Waals surface area contributed by atoms with Crippen LogP contribution in [0.1, 0.15) is 16.1 Å². The number of rotatable bonds is 3. The Bertz CT molecular complexity index is 529. The molecule has 0 unspecified atom stereocenters. The molecule has 5 nitrogen and oxygen atoms in total. The number of amides is 1. The molecule has 0 bridgehead atoms. The molecule has 17 heavy (non-hydrogen) atoms. The van der Waals surface area contributed by atoms with Crippen LogP contribution in [0.3, 0.4) is 0 Å². The standard InChI is InChI=1S/C10H9ClN4OS/c11-8-3-13-9(12)1-7(8)10(16)14-2-6-4-17-5-15-6/h1,3-5H,2H2,(H2,12,13)(H,14,16). The molecule has 2 aromatic rings. The van der Waals surface area contributed by atoms with Crippen LogP contribution >= 0.6 is 22.9 Å². The summed E-state index contributed by atoms with van der Waals surface area (Å²) in [6.07, 6.45) is 1.36. The van der Waals surface area contributed by atoms with Crippen LogP contribution in [0.2, 0.25) is 5.02 Å². The number of nitrogens with zero attached hydrogens (tertiary/aromatic N) is 2.